The Labute approximate surface area is 140 Å². The number of fused-ring (bicyclic) bond motifs is 2. The predicted octanol–water partition coefficient (Wildman–Crippen LogP) is 0.131. The summed E-state index contributed by atoms with van der Waals surface area (Å²) in [5.41, 5.74) is 1.93. The van der Waals surface area contributed by atoms with E-state index in [0.29, 0.717) is 0 Å². The molecule has 1 aromatic carbocycles. The molecule has 126 valence electrons. The van der Waals surface area contributed by atoms with Crippen LogP contribution in [0.3, 0.4) is 0 Å². The summed E-state index contributed by atoms with van der Waals surface area (Å²) in [5, 5.41) is 21.4. The molecule has 1 amide bonds. The Morgan fingerprint density at radius 2 is 2.17 bits per heavy atom. The molecule has 1 spiro atoms. The molecule has 1 aliphatic heterocycles. The van der Waals surface area contributed by atoms with Gasteiger partial charge in [0.1, 0.15) is 19.2 Å². The Kier molecular flexibility index (Phi) is 3.82. The fraction of sp³-hybridized carbons (Fsp3) is 0.471. The zero-order valence-electron chi connectivity index (χ0n) is 13.4. The van der Waals surface area contributed by atoms with Crippen LogP contribution >= 0.6 is 0 Å². The molecule has 1 saturated heterocycles. The number of aromatic nitrogens is 3. The van der Waals surface area contributed by atoms with Gasteiger partial charge in [-0.3, -0.25) is 4.79 Å². The smallest absolute Gasteiger partial charge is 0.242 e. The molecular weight excluding hydrogens is 306 g/mol. The molecule has 2 aliphatic rings. The second kappa shape index (κ2) is 5.99. The molecule has 1 aromatic heterocycles. The maximum Gasteiger partial charge on any atom is 0.242 e. The lowest BCUT2D eigenvalue weighted by molar-refractivity contribution is -0.123. The fourth-order valence-electron chi connectivity index (χ4n) is 4.15. The van der Waals surface area contributed by atoms with Gasteiger partial charge >= 0.3 is 0 Å². The molecular formula is C17H21N5O2. The van der Waals surface area contributed by atoms with Crippen LogP contribution < -0.4 is 10.6 Å². The van der Waals surface area contributed by atoms with Gasteiger partial charge in [-0.05, 0) is 37.1 Å². The lowest BCUT2D eigenvalue weighted by atomic mass is 9.72. The minimum absolute atomic E-state index is 0.0972. The first kappa shape index (κ1) is 15.3. The topological polar surface area (TPSA) is 92.1 Å². The van der Waals surface area contributed by atoms with Gasteiger partial charge in [0, 0.05) is 5.41 Å². The number of hydrogen-bond donors (Lipinski definition) is 3. The van der Waals surface area contributed by atoms with Crippen LogP contribution in [0.5, 0.6) is 0 Å². The average Bonchev–Trinajstić information content (AvgIpc) is 3.19. The molecule has 7 nitrogen and oxygen atoms in total. The van der Waals surface area contributed by atoms with Gasteiger partial charge in [0.25, 0.3) is 0 Å². The summed E-state index contributed by atoms with van der Waals surface area (Å²) in [5.74, 6) is -0.176. The van der Waals surface area contributed by atoms with Crippen molar-refractivity contribution in [3.05, 3.63) is 48.0 Å². The third kappa shape index (κ3) is 2.40. The van der Waals surface area contributed by atoms with E-state index < -0.39 is 6.10 Å². The monoisotopic (exact) mass is 327 g/mol. The third-order valence-corrected chi connectivity index (χ3v) is 5.30. The minimum Gasteiger partial charge on any atom is -0.390 e. The molecule has 2 atom stereocenters. The first-order chi connectivity index (χ1) is 11.7. The average molecular weight is 327 g/mol. The summed E-state index contributed by atoms with van der Waals surface area (Å²) in [6.07, 6.45) is 4.04. The zero-order chi connectivity index (χ0) is 16.6. The van der Waals surface area contributed by atoms with Crippen molar-refractivity contribution in [3.63, 3.8) is 0 Å². The van der Waals surface area contributed by atoms with Gasteiger partial charge in [-0.1, -0.05) is 24.3 Å². The molecule has 1 aliphatic carbocycles. The summed E-state index contributed by atoms with van der Waals surface area (Å²) in [7, 11) is 0. The second-order valence-corrected chi connectivity index (χ2v) is 6.58. The van der Waals surface area contributed by atoms with E-state index in [0.717, 1.165) is 31.5 Å². The van der Waals surface area contributed by atoms with Crippen molar-refractivity contribution in [1.29, 1.82) is 0 Å². The molecule has 0 saturated carbocycles. The Hall–Kier alpha value is -2.25. The lowest BCUT2D eigenvalue weighted by Crippen LogP contribution is -2.48. The summed E-state index contributed by atoms with van der Waals surface area (Å²) in [4.78, 5) is 16.2. The second-order valence-electron chi connectivity index (χ2n) is 6.58. The zero-order valence-corrected chi connectivity index (χ0v) is 13.4. The largest absolute Gasteiger partial charge is 0.390 e. The molecule has 7 heteroatoms. The number of carbonyl (C=O) groups is 1. The highest BCUT2D eigenvalue weighted by atomic mass is 16.3. The van der Waals surface area contributed by atoms with Gasteiger partial charge in [-0.2, -0.15) is 5.10 Å². The quantitative estimate of drug-likeness (QED) is 0.745. The highest BCUT2D eigenvalue weighted by molar-refractivity contribution is 5.76. The number of benzene rings is 1. The van der Waals surface area contributed by atoms with E-state index in [2.05, 4.69) is 26.8 Å². The number of amides is 1. The van der Waals surface area contributed by atoms with Gasteiger partial charge in [0.2, 0.25) is 5.91 Å². The van der Waals surface area contributed by atoms with Crippen LogP contribution in [-0.2, 0) is 16.8 Å². The van der Waals surface area contributed by atoms with Crippen LogP contribution in [0.2, 0.25) is 0 Å². The van der Waals surface area contributed by atoms with E-state index in [1.54, 1.807) is 0 Å². The van der Waals surface area contributed by atoms with E-state index in [9.17, 15) is 9.90 Å². The van der Waals surface area contributed by atoms with Crippen LogP contribution in [0.15, 0.2) is 36.9 Å². The SMILES string of the molecule is O=C(Cn1cncn1)N[C@H]1c2ccccc2C2(CCNCC2)[C@@H]1O. The van der Waals surface area contributed by atoms with Crippen LogP contribution in [-0.4, -0.2) is 45.0 Å². The molecule has 24 heavy (non-hydrogen) atoms. The summed E-state index contributed by atoms with van der Waals surface area (Å²) in [6, 6.07) is 7.69. The van der Waals surface area contributed by atoms with Crippen molar-refractivity contribution >= 4 is 5.91 Å². The molecule has 0 unspecified atom stereocenters. The Balaban J connectivity index is 1.60. The number of aliphatic hydroxyl groups is 1. The highest BCUT2D eigenvalue weighted by Gasteiger charge is 2.52. The number of piperidine rings is 1. The number of aliphatic hydroxyl groups excluding tert-OH is 1. The molecule has 0 bridgehead atoms. The molecule has 3 N–H and O–H groups in total. The number of hydrogen-bond acceptors (Lipinski definition) is 5. The molecule has 4 rings (SSSR count). The Morgan fingerprint density at radius 3 is 2.92 bits per heavy atom. The third-order valence-electron chi connectivity index (χ3n) is 5.30. The number of carbonyl (C=O) groups excluding carboxylic acids is 1. The highest BCUT2D eigenvalue weighted by Crippen LogP contribution is 2.49. The van der Waals surface area contributed by atoms with Crippen molar-refractivity contribution in [2.75, 3.05) is 13.1 Å². The van der Waals surface area contributed by atoms with Crippen LogP contribution in [0.1, 0.15) is 30.0 Å². The van der Waals surface area contributed by atoms with Crippen molar-refractivity contribution < 1.29 is 9.90 Å². The standard InChI is InChI=1S/C17H21N5O2/c23-14(9-22-11-19-10-20-22)21-15-12-3-1-2-4-13(12)17(16(15)24)5-7-18-8-6-17/h1-4,10-11,15-16,18,24H,5-9H2,(H,21,23)/t15-,16+/m0/s1. The van der Waals surface area contributed by atoms with Gasteiger partial charge in [-0.25, -0.2) is 9.67 Å². The first-order valence-electron chi connectivity index (χ1n) is 8.31. The van der Waals surface area contributed by atoms with Gasteiger partial charge in [0.15, 0.2) is 0 Å². The Bertz CT molecular complexity index is 724. The number of nitrogens with zero attached hydrogens (tertiary/aromatic N) is 3. The maximum absolute atomic E-state index is 12.4. The van der Waals surface area contributed by atoms with E-state index in [1.807, 2.05) is 18.2 Å². The van der Waals surface area contributed by atoms with E-state index in [4.69, 9.17) is 0 Å². The minimum atomic E-state index is -0.614. The van der Waals surface area contributed by atoms with Crippen LogP contribution in [0, 0.1) is 0 Å². The fourth-order valence-corrected chi connectivity index (χ4v) is 4.15. The predicted molar refractivity (Wildman–Crippen MR) is 87.1 cm³/mol. The van der Waals surface area contributed by atoms with Crippen molar-refractivity contribution in [3.8, 4) is 0 Å². The molecule has 0 radical (unpaired) electrons. The molecule has 2 aromatic rings. The van der Waals surface area contributed by atoms with Crippen LogP contribution in [0.4, 0.5) is 0 Å². The van der Waals surface area contributed by atoms with Gasteiger partial charge in [0.05, 0.1) is 12.1 Å². The normalized spacial score (nSPS) is 24.7. The molecule has 2 heterocycles. The summed E-state index contributed by atoms with van der Waals surface area (Å²) in [6.45, 7) is 1.86. The van der Waals surface area contributed by atoms with E-state index >= 15 is 0 Å². The number of nitrogens with one attached hydrogen (secondary N) is 2. The van der Waals surface area contributed by atoms with Crippen molar-refractivity contribution in [1.82, 2.24) is 25.4 Å². The van der Waals surface area contributed by atoms with E-state index in [-0.39, 0.29) is 23.9 Å². The Morgan fingerprint density at radius 1 is 1.38 bits per heavy atom. The lowest BCUT2D eigenvalue weighted by Gasteiger charge is -2.38. The number of rotatable bonds is 3. The first-order valence-corrected chi connectivity index (χ1v) is 8.31. The van der Waals surface area contributed by atoms with Crippen molar-refractivity contribution in [2.45, 2.75) is 36.9 Å². The van der Waals surface area contributed by atoms with E-state index in [1.165, 1.54) is 22.9 Å². The maximum atomic E-state index is 12.4. The summed E-state index contributed by atoms with van der Waals surface area (Å²) < 4.78 is 1.48. The van der Waals surface area contributed by atoms with Gasteiger partial charge < -0.3 is 15.7 Å². The summed E-state index contributed by atoms with van der Waals surface area (Å²) >= 11 is 0. The van der Waals surface area contributed by atoms with Crippen molar-refractivity contribution in [2.24, 2.45) is 0 Å². The molecule has 1 fully saturated rings. The van der Waals surface area contributed by atoms with Gasteiger partial charge in [-0.15, -0.1) is 0 Å². The van der Waals surface area contributed by atoms with Crippen LogP contribution in [0.25, 0.3) is 0 Å².